The molecule has 0 aromatic heterocycles. The molecule has 9 heteroatoms. The molecule has 2 saturated carbocycles. The standard InChI is InChI=1S/C18H25NO8/c1-9-3-11(21)5-17(26,14(9)24)15-12(22)6-19-18(27-15)7-16(25,8-20)10(2)4-13(18)23/h6,9-10,14,20,22,24-26H,3-5,7-8H2,1-2H3. The molecule has 2 fully saturated rings. The smallest absolute Gasteiger partial charge is 0.261 e. The number of nitrogens with zero attached hydrogens (tertiary/aromatic N) is 1. The molecule has 3 rings (SSSR count). The van der Waals surface area contributed by atoms with Gasteiger partial charge in [-0.05, 0) is 11.8 Å². The van der Waals surface area contributed by atoms with Crippen LogP contribution in [0.25, 0.3) is 0 Å². The van der Waals surface area contributed by atoms with Crippen LogP contribution in [0, 0.1) is 11.8 Å². The van der Waals surface area contributed by atoms with Crippen molar-refractivity contribution in [3.8, 4) is 0 Å². The number of rotatable bonds is 2. The van der Waals surface area contributed by atoms with Gasteiger partial charge < -0.3 is 30.3 Å². The van der Waals surface area contributed by atoms with Crippen molar-refractivity contribution in [2.24, 2.45) is 16.8 Å². The average Bonchev–Trinajstić information content (AvgIpc) is 2.60. The monoisotopic (exact) mass is 383 g/mol. The van der Waals surface area contributed by atoms with Crippen LogP contribution in [0.15, 0.2) is 16.5 Å². The summed E-state index contributed by atoms with van der Waals surface area (Å²) in [5.41, 5.74) is -5.83. The van der Waals surface area contributed by atoms with E-state index in [2.05, 4.69) is 4.99 Å². The Kier molecular flexibility index (Phi) is 4.70. The SMILES string of the molecule is CC1CC(=O)CC(O)(C2=C(O)C=NC3(CC(O)(CO)C(C)CC3=O)O2)C1O. The van der Waals surface area contributed by atoms with E-state index in [1.807, 2.05) is 0 Å². The van der Waals surface area contributed by atoms with Gasteiger partial charge in [0.05, 0.1) is 24.5 Å². The van der Waals surface area contributed by atoms with Gasteiger partial charge in [-0.2, -0.15) is 0 Å². The summed E-state index contributed by atoms with van der Waals surface area (Å²) in [7, 11) is 0. The summed E-state index contributed by atoms with van der Waals surface area (Å²) in [6.07, 6.45) is -1.45. The van der Waals surface area contributed by atoms with Crippen LogP contribution in [0.1, 0.15) is 39.5 Å². The van der Waals surface area contributed by atoms with Crippen LogP contribution in [-0.2, 0) is 14.3 Å². The molecule has 3 aliphatic rings. The molecule has 6 unspecified atom stereocenters. The van der Waals surface area contributed by atoms with Crippen molar-refractivity contribution in [2.45, 2.75) is 62.6 Å². The molecule has 0 aromatic rings. The Labute approximate surface area is 156 Å². The summed E-state index contributed by atoms with van der Waals surface area (Å²) < 4.78 is 5.64. The Bertz CT molecular complexity index is 733. The fraction of sp³-hybridized carbons (Fsp3) is 0.722. The van der Waals surface area contributed by atoms with Gasteiger partial charge >= 0.3 is 0 Å². The molecule has 9 nitrogen and oxygen atoms in total. The zero-order chi connectivity index (χ0) is 20.2. The number of aliphatic hydroxyl groups excluding tert-OH is 3. The quantitative estimate of drug-likeness (QED) is 0.422. The van der Waals surface area contributed by atoms with Gasteiger partial charge in [0.25, 0.3) is 5.72 Å². The Morgan fingerprint density at radius 2 is 1.93 bits per heavy atom. The number of carbonyl (C=O) groups is 2. The average molecular weight is 383 g/mol. The fourth-order valence-corrected chi connectivity index (χ4v) is 4.15. The van der Waals surface area contributed by atoms with Crippen molar-refractivity contribution in [3.63, 3.8) is 0 Å². The number of ether oxygens (including phenoxy) is 1. The van der Waals surface area contributed by atoms with E-state index < -0.39 is 65.2 Å². The molecular weight excluding hydrogens is 358 g/mol. The molecular formula is C18H25NO8. The van der Waals surface area contributed by atoms with Gasteiger partial charge in [-0.15, -0.1) is 0 Å². The lowest BCUT2D eigenvalue weighted by Gasteiger charge is -2.48. The van der Waals surface area contributed by atoms with Crippen LogP contribution in [0.3, 0.4) is 0 Å². The summed E-state index contributed by atoms with van der Waals surface area (Å²) in [4.78, 5) is 28.6. The van der Waals surface area contributed by atoms with E-state index in [0.717, 1.165) is 6.21 Å². The predicted octanol–water partition coefficient (Wildman–Crippen LogP) is -0.633. The highest BCUT2D eigenvalue weighted by molar-refractivity contribution is 5.92. The van der Waals surface area contributed by atoms with Crippen molar-refractivity contribution < 1.29 is 39.9 Å². The van der Waals surface area contributed by atoms with Crippen LogP contribution in [0.2, 0.25) is 0 Å². The summed E-state index contributed by atoms with van der Waals surface area (Å²) in [6, 6.07) is 0. The molecule has 0 bridgehead atoms. The lowest BCUT2D eigenvalue weighted by molar-refractivity contribution is -0.191. The molecule has 150 valence electrons. The second-order valence-electron chi connectivity index (χ2n) is 8.09. The second kappa shape index (κ2) is 6.37. The molecule has 1 aliphatic heterocycles. The molecule has 2 aliphatic carbocycles. The number of hydrogen-bond acceptors (Lipinski definition) is 9. The van der Waals surface area contributed by atoms with E-state index in [1.165, 1.54) is 0 Å². The van der Waals surface area contributed by atoms with Gasteiger partial charge in [-0.25, -0.2) is 4.99 Å². The molecule has 6 atom stereocenters. The zero-order valence-corrected chi connectivity index (χ0v) is 15.3. The first-order valence-electron chi connectivity index (χ1n) is 8.94. The molecule has 27 heavy (non-hydrogen) atoms. The molecule has 0 amide bonds. The van der Waals surface area contributed by atoms with E-state index in [-0.39, 0.29) is 25.0 Å². The number of aliphatic hydroxyl groups is 5. The van der Waals surface area contributed by atoms with Crippen molar-refractivity contribution in [3.05, 3.63) is 11.5 Å². The van der Waals surface area contributed by atoms with Gasteiger partial charge in [0, 0.05) is 25.7 Å². The molecule has 5 N–H and O–H groups in total. The molecule has 0 aromatic carbocycles. The third kappa shape index (κ3) is 2.98. The highest BCUT2D eigenvalue weighted by Gasteiger charge is 2.59. The molecule has 1 spiro atoms. The molecule has 1 heterocycles. The minimum Gasteiger partial charge on any atom is -0.503 e. The minimum atomic E-state index is -2.22. The molecule has 0 saturated heterocycles. The first kappa shape index (κ1) is 19.9. The number of allylic oxidation sites excluding steroid dienone is 1. The van der Waals surface area contributed by atoms with E-state index in [1.54, 1.807) is 13.8 Å². The van der Waals surface area contributed by atoms with Crippen LogP contribution < -0.4 is 0 Å². The van der Waals surface area contributed by atoms with Gasteiger partial charge in [0.2, 0.25) is 0 Å². The maximum Gasteiger partial charge on any atom is 0.261 e. The number of hydrogen-bond donors (Lipinski definition) is 5. The van der Waals surface area contributed by atoms with E-state index >= 15 is 0 Å². The van der Waals surface area contributed by atoms with Crippen LogP contribution >= 0.6 is 0 Å². The highest BCUT2D eigenvalue weighted by Crippen LogP contribution is 2.46. The lowest BCUT2D eigenvalue weighted by atomic mass is 9.71. The number of ketones is 2. The number of Topliss-reactive ketones (excluding diaryl/α,β-unsaturated/α-hetero) is 2. The normalized spacial score (nSPS) is 45.3. The minimum absolute atomic E-state index is 0.0669. The second-order valence-corrected chi connectivity index (χ2v) is 8.09. The van der Waals surface area contributed by atoms with Crippen molar-refractivity contribution in [1.82, 2.24) is 0 Å². The third-order valence-corrected chi connectivity index (χ3v) is 6.00. The first-order chi connectivity index (χ1) is 12.5. The largest absolute Gasteiger partial charge is 0.503 e. The van der Waals surface area contributed by atoms with Gasteiger partial charge in [0.1, 0.15) is 5.78 Å². The number of carbonyl (C=O) groups excluding carboxylic acids is 2. The highest BCUT2D eigenvalue weighted by atomic mass is 16.5. The van der Waals surface area contributed by atoms with Crippen LogP contribution in [-0.4, -0.2) is 73.0 Å². The van der Waals surface area contributed by atoms with Crippen LogP contribution in [0.4, 0.5) is 0 Å². The Morgan fingerprint density at radius 3 is 2.56 bits per heavy atom. The van der Waals surface area contributed by atoms with E-state index in [9.17, 15) is 35.1 Å². The van der Waals surface area contributed by atoms with Crippen LogP contribution in [0.5, 0.6) is 0 Å². The van der Waals surface area contributed by atoms with Crippen molar-refractivity contribution >= 4 is 17.8 Å². The van der Waals surface area contributed by atoms with Gasteiger partial charge in [0.15, 0.2) is 22.9 Å². The Balaban J connectivity index is 2.01. The van der Waals surface area contributed by atoms with Crippen molar-refractivity contribution in [1.29, 1.82) is 0 Å². The third-order valence-electron chi connectivity index (χ3n) is 6.00. The maximum atomic E-state index is 12.7. The molecule has 0 radical (unpaired) electrons. The first-order valence-corrected chi connectivity index (χ1v) is 8.94. The number of aliphatic imine (C=N–C) groups is 1. The lowest BCUT2D eigenvalue weighted by Crippen LogP contribution is -2.61. The fourth-order valence-electron chi connectivity index (χ4n) is 4.15. The Hall–Kier alpha value is -1.81. The van der Waals surface area contributed by atoms with Gasteiger partial charge in [-0.3, -0.25) is 9.59 Å². The van der Waals surface area contributed by atoms with E-state index in [0.29, 0.717) is 0 Å². The topological polar surface area (TPSA) is 157 Å². The van der Waals surface area contributed by atoms with E-state index in [4.69, 9.17) is 4.74 Å². The zero-order valence-electron chi connectivity index (χ0n) is 15.3. The van der Waals surface area contributed by atoms with Gasteiger partial charge in [-0.1, -0.05) is 13.8 Å². The Morgan fingerprint density at radius 1 is 1.26 bits per heavy atom. The summed E-state index contributed by atoms with van der Waals surface area (Å²) in [6.45, 7) is 2.56. The maximum absolute atomic E-state index is 12.7. The summed E-state index contributed by atoms with van der Waals surface area (Å²) in [5.74, 6) is -3.09. The van der Waals surface area contributed by atoms with Crippen molar-refractivity contribution in [2.75, 3.05) is 6.61 Å². The predicted molar refractivity (Wildman–Crippen MR) is 91.8 cm³/mol. The summed E-state index contributed by atoms with van der Waals surface area (Å²) >= 11 is 0. The summed E-state index contributed by atoms with van der Waals surface area (Å²) in [5, 5.41) is 51.9.